The van der Waals surface area contributed by atoms with Gasteiger partial charge in [-0.15, -0.1) is 11.3 Å². The Hall–Kier alpha value is -1.90. The van der Waals surface area contributed by atoms with Crippen LogP contribution in [0.3, 0.4) is 0 Å². The number of aromatic hydroxyl groups is 1. The number of benzene rings is 1. The molecule has 1 fully saturated rings. The number of rotatable bonds is 4. The Morgan fingerprint density at radius 1 is 1.36 bits per heavy atom. The minimum Gasteiger partial charge on any atom is -0.506 e. The molecule has 1 atom stereocenters. The summed E-state index contributed by atoms with van der Waals surface area (Å²) in [6.45, 7) is 3.07. The van der Waals surface area contributed by atoms with Crippen LogP contribution in [0, 0.1) is 5.92 Å². The fourth-order valence-corrected chi connectivity index (χ4v) is 5.60. The predicted octanol–water partition coefficient (Wildman–Crippen LogP) is 3.13. The second-order valence-corrected chi connectivity index (χ2v) is 9.08. The van der Waals surface area contributed by atoms with Crippen LogP contribution < -0.4 is 5.32 Å². The molecule has 2 N–H and O–H groups in total. The Bertz CT molecular complexity index is 876. The molecule has 25 heavy (non-hydrogen) atoms. The quantitative estimate of drug-likeness (QED) is 0.798. The SMILES string of the molecule is C[C@H]1CCCN(S(=O)(=O)c2csc(C(=O)Nc3ccccc3O)c2)C1. The minimum absolute atomic E-state index is 0.0393. The number of carbonyl (C=O) groups excluding carboxylic acids is 1. The second-order valence-electron chi connectivity index (χ2n) is 6.23. The molecule has 0 aliphatic carbocycles. The second kappa shape index (κ2) is 7.15. The van der Waals surface area contributed by atoms with Crippen molar-refractivity contribution in [3.05, 3.63) is 40.6 Å². The van der Waals surface area contributed by atoms with Gasteiger partial charge in [0.05, 0.1) is 15.5 Å². The lowest BCUT2D eigenvalue weighted by molar-refractivity contribution is 0.103. The molecule has 1 aromatic carbocycles. The molecule has 0 saturated carbocycles. The number of phenolic OH excluding ortho intramolecular Hbond substituents is 1. The molecule has 6 nitrogen and oxygen atoms in total. The van der Waals surface area contributed by atoms with E-state index in [1.54, 1.807) is 18.2 Å². The van der Waals surface area contributed by atoms with E-state index in [0.29, 0.717) is 19.0 Å². The highest BCUT2D eigenvalue weighted by atomic mass is 32.2. The van der Waals surface area contributed by atoms with Crippen molar-refractivity contribution in [1.29, 1.82) is 0 Å². The molecule has 0 spiro atoms. The van der Waals surface area contributed by atoms with Crippen LogP contribution in [0.1, 0.15) is 29.4 Å². The van der Waals surface area contributed by atoms with Crippen LogP contribution in [-0.4, -0.2) is 36.8 Å². The molecule has 0 unspecified atom stereocenters. The zero-order chi connectivity index (χ0) is 18.0. The van der Waals surface area contributed by atoms with Gasteiger partial charge in [-0.2, -0.15) is 4.31 Å². The van der Waals surface area contributed by atoms with Gasteiger partial charge in [0.2, 0.25) is 10.0 Å². The minimum atomic E-state index is -3.57. The first kappa shape index (κ1) is 17.9. The molecule has 0 radical (unpaired) electrons. The average molecular weight is 380 g/mol. The van der Waals surface area contributed by atoms with Crippen LogP contribution in [-0.2, 0) is 10.0 Å². The van der Waals surface area contributed by atoms with Gasteiger partial charge in [0.15, 0.2) is 0 Å². The Morgan fingerprint density at radius 3 is 2.84 bits per heavy atom. The highest BCUT2D eigenvalue weighted by Gasteiger charge is 2.30. The smallest absolute Gasteiger partial charge is 0.265 e. The number of para-hydroxylation sites is 2. The molecular weight excluding hydrogens is 360 g/mol. The van der Waals surface area contributed by atoms with Crippen molar-refractivity contribution >= 4 is 33.0 Å². The van der Waals surface area contributed by atoms with E-state index in [0.717, 1.165) is 24.2 Å². The number of sulfonamides is 1. The van der Waals surface area contributed by atoms with Gasteiger partial charge in [-0.1, -0.05) is 19.1 Å². The van der Waals surface area contributed by atoms with Crippen LogP contribution >= 0.6 is 11.3 Å². The third kappa shape index (κ3) is 3.86. The van der Waals surface area contributed by atoms with Crippen LogP contribution in [0.2, 0.25) is 0 Å². The van der Waals surface area contributed by atoms with Gasteiger partial charge in [-0.3, -0.25) is 4.79 Å². The molecule has 2 aromatic rings. The summed E-state index contributed by atoms with van der Waals surface area (Å²) < 4.78 is 27.0. The van der Waals surface area contributed by atoms with E-state index >= 15 is 0 Å². The van der Waals surface area contributed by atoms with Crippen LogP contribution in [0.4, 0.5) is 5.69 Å². The molecule has 1 aromatic heterocycles. The maximum absolute atomic E-state index is 12.7. The van der Waals surface area contributed by atoms with Gasteiger partial charge in [0, 0.05) is 18.5 Å². The van der Waals surface area contributed by atoms with Crippen molar-refractivity contribution in [1.82, 2.24) is 4.31 Å². The highest BCUT2D eigenvalue weighted by Crippen LogP contribution is 2.28. The molecule has 1 saturated heterocycles. The van der Waals surface area contributed by atoms with E-state index in [-0.39, 0.29) is 21.2 Å². The molecule has 2 heterocycles. The Labute approximate surface area is 151 Å². The summed E-state index contributed by atoms with van der Waals surface area (Å²) in [5.41, 5.74) is 0.287. The van der Waals surface area contributed by atoms with Gasteiger partial charge in [-0.05, 0) is 37.0 Å². The van der Waals surface area contributed by atoms with Gasteiger partial charge in [0.1, 0.15) is 5.75 Å². The van der Waals surface area contributed by atoms with Crippen LogP contribution in [0.5, 0.6) is 5.75 Å². The molecule has 3 rings (SSSR count). The zero-order valence-corrected chi connectivity index (χ0v) is 15.4. The number of anilines is 1. The number of nitrogens with zero attached hydrogens (tertiary/aromatic N) is 1. The molecule has 1 amide bonds. The lowest BCUT2D eigenvalue weighted by Crippen LogP contribution is -2.38. The van der Waals surface area contributed by atoms with E-state index in [1.807, 2.05) is 6.92 Å². The third-order valence-electron chi connectivity index (χ3n) is 4.21. The van der Waals surface area contributed by atoms with Gasteiger partial charge >= 0.3 is 0 Å². The van der Waals surface area contributed by atoms with Crippen LogP contribution in [0.25, 0.3) is 0 Å². The Morgan fingerprint density at radius 2 is 2.12 bits per heavy atom. The van der Waals surface area contributed by atoms with Gasteiger partial charge < -0.3 is 10.4 Å². The highest BCUT2D eigenvalue weighted by molar-refractivity contribution is 7.89. The monoisotopic (exact) mass is 380 g/mol. The molecule has 1 aliphatic heterocycles. The Kier molecular flexibility index (Phi) is 5.12. The van der Waals surface area contributed by atoms with Crippen molar-refractivity contribution in [3.63, 3.8) is 0 Å². The number of phenols is 1. The number of piperidine rings is 1. The third-order valence-corrected chi connectivity index (χ3v) is 7.13. The summed E-state index contributed by atoms with van der Waals surface area (Å²) in [4.78, 5) is 12.7. The molecule has 0 bridgehead atoms. The van der Waals surface area contributed by atoms with Crippen LogP contribution in [0.15, 0.2) is 40.6 Å². The number of carbonyl (C=O) groups is 1. The lowest BCUT2D eigenvalue weighted by atomic mass is 10.0. The van der Waals surface area contributed by atoms with Crippen molar-refractivity contribution in [2.24, 2.45) is 5.92 Å². The van der Waals surface area contributed by atoms with Crippen molar-refractivity contribution in [2.75, 3.05) is 18.4 Å². The first-order chi connectivity index (χ1) is 11.9. The van der Waals surface area contributed by atoms with E-state index in [4.69, 9.17) is 0 Å². The maximum Gasteiger partial charge on any atom is 0.265 e. The summed E-state index contributed by atoms with van der Waals surface area (Å²) in [5, 5.41) is 13.8. The summed E-state index contributed by atoms with van der Waals surface area (Å²) in [7, 11) is -3.57. The van der Waals surface area contributed by atoms with Crippen molar-refractivity contribution in [3.8, 4) is 5.75 Å². The topological polar surface area (TPSA) is 86.7 Å². The largest absolute Gasteiger partial charge is 0.506 e. The molecule has 8 heteroatoms. The number of hydrogen-bond donors (Lipinski definition) is 2. The summed E-state index contributed by atoms with van der Waals surface area (Å²) in [6, 6.07) is 7.79. The fraction of sp³-hybridized carbons (Fsp3) is 0.353. The normalized spacial score (nSPS) is 18.8. The number of nitrogens with one attached hydrogen (secondary N) is 1. The fourth-order valence-electron chi connectivity index (χ4n) is 2.85. The van der Waals surface area contributed by atoms with Crippen molar-refractivity contribution in [2.45, 2.75) is 24.7 Å². The van der Waals surface area contributed by atoms with E-state index in [1.165, 1.54) is 21.8 Å². The van der Waals surface area contributed by atoms with Gasteiger partial charge in [0.25, 0.3) is 5.91 Å². The first-order valence-corrected chi connectivity index (χ1v) is 10.4. The van der Waals surface area contributed by atoms with E-state index < -0.39 is 15.9 Å². The standard InChI is InChI=1S/C17H20N2O4S2/c1-12-5-4-8-19(10-12)25(22,23)13-9-16(24-11-13)17(21)18-14-6-2-3-7-15(14)20/h2-3,6-7,9,11-12,20H,4-5,8,10H2,1H3,(H,18,21)/t12-/m0/s1. The summed E-state index contributed by atoms with van der Waals surface area (Å²) in [6.07, 6.45) is 1.88. The van der Waals surface area contributed by atoms with E-state index in [2.05, 4.69) is 5.32 Å². The van der Waals surface area contributed by atoms with E-state index in [9.17, 15) is 18.3 Å². The summed E-state index contributed by atoms with van der Waals surface area (Å²) in [5.74, 6) is -0.145. The lowest BCUT2D eigenvalue weighted by Gasteiger charge is -2.29. The Balaban J connectivity index is 1.77. The number of thiophene rings is 1. The predicted molar refractivity (Wildman–Crippen MR) is 97.5 cm³/mol. The number of hydrogen-bond acceptors (Lipinski definition) is 5. The molecule has 134 valence electrons. The summed E-state index contributed by atoms with van der Waals surface area (Å²) >= 11 is 1.07. The first-order valence-electron chi connectivity index (χ1n) is 8.06. The maximum atomic E-state index is 12.7. The number of amides is 1. The zero-order valence-electron chi connectivity index (χ0n) is 13.8. The average Bonchev–Trinajstić information content (AvgIpc) is 3.08. The molecule has 1 aliphatic rings. The van der Waals surface area contributed by atoms with Gasteiger partial charge in [-0.25, -0.2) is 8.42 Å². The molecular formula is C17H20N2O4S2. The van der Waals surface area contributed by atoms with Crippen molar-refractivity contribution < 1.29 is 18.3 Å².